The van der Waals surface area contributed by atoms with E-state index >= 15 is 0 Å². The Morgan fingerprint density at radius 1 is 1.18 bits per heavy atom. The Labute approximate surface area is 132 Å². The number of hydrogen-bond donors (Lipinski definition) is 1. The van der Waals surface area contributed by atoms with Crippen LogP contribution in [-0.2, 0) is 13.1 Å². The number of halogens is 1. The number of rotatable bonds is 5. The van der Waals surface area contributed by atoms with Gasteiger partial charge in [-0.15, -0.1) is 0 Å². The van der Waals surface area contributed by atoms with Gasteiger partial charge in [0.05, 0.1) is 31.2 Å². The van der Waals surface area contributed by atoms with E-state index in [0.717, 1.165) is 11.3 Å². The third kappa shape index (κ3) is 3.20. The summed E-state index contributed by atoms with van der Waals surface area (Å²) >= 11 is 6.14. The quantitative estimate of drug-likeness (QED) is 0.785. The molecular formula is C16H14ClN3O2. The van der Waals surface area contributed by atoms with Gasteiger partial charge in [0.2, 0.25) is 0 Å². The summed E-state index contributed by atoms with van der Waals surface area (Å²) in [4.78, 5) is 12.3. The Bertz CT molecular complexity index is 798. The summed E-state index contributed by atoms with van der Waals surface area (Å²) in [6.07, 6.45) is 3.14. The monoisotopic (exact) mass is 315 g/mol. The number of nitrogens with zero attached hydrogens (tertiary/aromatic N) is 2. The number of hydrogen-bond acceptors (Lipinski definition) is 4. The van der Waals surface area contributed by atoms with Crippen LogP contribution in [0.25, 0.3) is 0 Å². The van der Waals surface area contributed by atoms with Crippen molar-refractivity contribution in [1.29, 1.82) is 0 Å². The number of benzene rings is 1. The van der Waals surface area contributed by atoms with E-state index in [4.69, 9.17) is 16.0 Å². The van der Waals surface area contributed by atoms with E-state index in [1.54, 1.807) is 18.5 Å². The van der Waals surface area contributed by atoms with Gasteiger partial charge in [0.1, 0.15) is 10.8 Å². The maximum Gasteiger partial charge on any atom is 0.287 e. The molecule has 6 heteroatoms. The molecule has 1 aromatic carbocycles. The summed E-state index contributed by atoms with van der Waals surface area (Å²) in [5, 5.41) is 7.33. The number of furan rings is 1. The SMILES string of the molecule is O=c1c(Cl)c(NCc2ccco2)cnn1Cc1ccccc1. The summed E-state index contributed by atoms with van der Waals surface area (Å²) in [7, 11) is 0. The van der Waals surface area contributed by atoms with E-state index in [0.29, 0.717) is 18.8 Å². The zero-order chi connectivity index (χ0) is 15.4. The second-order valence-electron chi connectivity index (χ2n) is 4.75. The molecular weight excluding hydrogens is 302 g/mol. The molecule has 5 nitrogen and oxygen atoms in total. The van der Waals surface area contributed by atoms with E-state index in [2.05, 4.69) is 10.4 Å². The van der Waals surface area contributed by atoms with Crippen molar-refractivity contribution in [3.63, 3.8) is 0 Å². The Balaban J connectivity index is 1.78. The molecule has 0 radical (unpaired) electrons. The Morgan fingerprint density at radius 2 is 2.00 bits per heavy atom. The van der Waals surface area contributed by atoms with Gasteiger partial charge in [-0.05, 0) is 17.7 Å². The smallest absolute Gasteiger partial charge is 0.287 e. The average Bonchev–Trinajstić information content (AvgIpc) is 3.06. The van der Waals surface area contributed by atoms with Gasteiger partial charge in [0, 0.05) is 0 Å². The first-order valence-electron chi connectivity index (χ1n) is 6.80. The van der Waals surface area contributed by atoms with Gasteiger partial charge >= 0.3 is 0 Å². The molecule has 22 heavy (non-hydrogen) atoms. The zero-order valence-electron chi connectivity index (χ0n) is 11.7. The molecule has 0 saturated heterocycles. The van der Waals surface area contributed by atoms with Crippen LogP contribution in [0.2, 0.25) is 5.02 Å². The maximum absolute atomic E-state index is 12.3. The Morgan fingerprint density at radius 3 is 2.73 bits per heavy atom. The van der Waals surface area contributed by atoms with Crippen LogP contribution in [0.3, 0.4) is 0 Å². The van der Waals surface area contributed by atoms with Crippen LogP contribution in [0.4, 0.5) is 5.69 Å². The Kier molecular flexibility index (Phi) is 4.25. The zero-order valence-corrected chi connectivity index (χ0v) is 12.5. The average molecular weight is 316 g/mol. The summed E-state index contributed by atoms with van der Waals surface area (Å²) in [5.41, 5.74) is 1.16. The lowest BCUT2D eigenvalue weighted by molar-refractivity contribution is 0.518. The minimum absolute atomic E-state index is 0.123. The third-order valence-corrected chi connectivity index (χ3v) is 3.56. The second kappa shape index (κ2) is 6.49. The first-order valence-corrected chi connectivity index (χ1v) is 7.17. The van der Waals surface area contributed by atoms with Gasteiger partial charge in [-0.1, -0.05) is 41.9 Å². The molecule has 0 aliphatic rings. The van der Waals surface area contributed by atoms with Gasteiger partial charge in [-0.25, -0.2) is 4.68 Å². The van der Waals surface area contributed by atoms with Crippen LogP contribution in [0, 0.1) is 0 Å². The highest BCUT2D eigenvalue weighted by Crippen LogP contribution is 2.16. The Hall–Kier alpha value is -2.53. The fourth-order valence-corrected chi connectivity index (χ4v) is 2.27. The van der Waals surface area contributed by atoms with E-state index in [9.17, 15) is 4.79 Å². The lowest BCUT2D eigenvalue weighted by Crippen LogP contribution is -2.24. The summed E-state index contributed by atoms with van der Waals surface area (Å²) in [5.74, 6) is 0.754. The fourth-order valence-electron chi connectivity index (χ4n) is 2.05. The highest BCUT2D eigenvalue weighted by atomic mass is 35.5. The topological polar surface area (TPSA) is 60.1 Å². The molecule has 3 aromatic rings. The maximum atomic E-state index is 12.3. The standard InChI is InChI=1S/C16H14ClN3O2/c17-15-14(18-9-13-7-4-8-22-13)10-19-20(16(15)21)11-12-5-2-1-3-6-12/h1-8,10,18H,9,11H2. The molecule has 0 amide bonds. The van der Waals surface area contributed by atoms with Crippen LogP contribution in [-0.4, -0.2) is 9.78 Å². The molecule has 0 atom stereocenters. The van der Waals surface area contributed by atoms with E-state index in [1.165, 1.54) is 4.68 Å². The first kappa shape index (κ1) is 14.4. The minimum Gasteiger partial charge on any atom is -0.467 e. The van der Waals surface area contributed by atoms with Crippen molar-refractivity contribution in [1.82, 2.24) is 9.78 Å². The van der Waals surface area contributed by atoms with Gasteiger partial charge in [-0.2, -0.15) is 5.10 Å². The first-order chi connectivity index (χ1) is 10.7. The van der Waals surface area contributed by atoms with Crippen LogP contribution in [0.1, 0.15) is 11.3 Å². The van der Waals surface area contributed by atoms with Crippen LogP contribution in [0.15, 0.2) is 64.1 Å². The van der Waals surface area contributed by atoms with E-state index in [1.807, 2.05) is 36.4 Å². The van der Waals surface area contributed by atoms with Crippen molar-refractivity contribution in [2.24, 2.45) is 0 Å². The van der Waals surface area contributed by atoms with E-state index in [-0.39, 0.29) is 10.6 Å². The van der Waals surface area contributed by atoms with Crippen molar-refractivity contribution in [3.05, 3.63) is 81.6 Å². The third-order valence-electron chi connectivity index (χ3n) is 3.19. The lowest BCUT2D eigenvalue weighted by atomic mass is 10.2. The van der Waals surface area contributed by atoms with Gasteiger partial charge < -0.3 is 9.73 Å². The summed E-state index contributed by atoms with van der Waals surface area (Å²) in [6.45, 7) is 0.828. The molecule has 0 bridgehead atoms. The number of anilines is 1. The molecule has 0 aliphatic carbocycles. The molecule has 0 unspecified atom stereocenters. The van der Waals surface area contributed by atoms with Crippen molar-refractivity contribution in [2.45, 2.75) is 13.1 Å². The molecule has 2 aromatic heterocycles. The molecule has 3 rings (SSSR count). The van der Waals surface area contributed by atoms with Crippen molar-refractivity contribution >= 4 is 17.3 Å². The molecule has 2 heterocycles. The molecule has 112 valence electrons. The normalized spacial score (nSPS) is 10.6. The van der Waals surface area contributed by atoms with Crippen LogP contribution >= 0.6 is 11.6 Å². The minimum atomic E-state index is -0.324. The molecule has 1 N–H and O–H groups in total. The number of nitrogens with one attached hydrogen (secondary N) is 1. The largest absolute Gasteiger partial charge is 0.467 e. The molecule has 0 saturated carbocycles. The van der Waals surface area contributed by atoms with Crippen molar-refractivity contribution in [2.75, 3.05) is 5.32 Å². The second-order valence-corrected chi connectivity index (χ2v) is 5.13. The highest BCUT2D eigenvalue weighted by molar-refractivity contribution is 6.32. The fraction of sp³-hybridized carbons (Fsp3) is 0.125. The van der Waals surface area contributed by atoms with Gasteiger partial charge in [-0.3, -0.25) is 4.79 Å². The van der Waals surface area contributed by atoms with Crippen molar-refractivity contribution in [3.8, 4) is 0 Å². The van der Waals surface area contributed by atoms with E-state index < -0.39 is 0 Å². The lowest BCUT2D eigenvalue weighted by Gasteiger charge is -2.09. The van der Waals surface area contributed by atoms with Crippen molar-refractivity contribution < 1.29 is 4.42 Å². The van der Waals surface area contributed by atoms with Gasteiger partial charge in [0.25, 0.3) is 5.56 Å². The van der Waals surface area contributed by atoms with Crippen LogP contribution in [0.5, 0.6) is 0 Å². The van der Waals surface area contributed by atoms with Gasteiger partial charge in [0.15, 0.2) is 0 Å². The molecule has 0 spiro atoms. The summed E-state index contributed by atoms with van der Waals surface area (Å²) in [6, 6.07) is 13.3. The predicted molar refractivity (Wildman–Crippen MR) is 85.1 cm³/mol. The number of aromatic nitrogens is 2. The highest BCUT2D eigenvalue weighted by Gasteiger charge is 2.10. The predicted octanol–water partition coefficient (Wildman–Crippen LogP) is 3.15. The summed E-state index contributed by atoms with van der Waals surface area (Å²) < 4.78 is 6.56. The molecule has 0 aliphatic heterocycles. The molecule has 0 fully saturated rings. The van der Waals surface area contributed by atoms with Crippen LogP contribution < -0.4 is 10.9 Å².